The van der Waals surface area contributed by atoms with Crippen LogP contribution in [0.3, 0.4) is 0 Å². The van der Waals surface area contributed by atoms with Crippen LogP contribution in [-0.2, 0) is 0 Å². The predicted octanol–water partition coefficient (Wildman–Crippen LogP) is 5.32. The molecule has 0 saturated carbocycles. The molecule has 0 aliphatic rings. The lowest BCUT2D eigenvalue weighted by Gasteiger charge is -2.10. The number of hydrogen-bond donors (Lipinski definition) is 2. The van der Waals surface area contributed by atoms with Crippen LogP contribution >= 0.6 is 12.2 Å². The minimum Gasteiger partial charge on any atom is -0.332 e. The molecule has 4 aromatic carbocycles. The maximum absolute atomic E-state index is 12.6. The van der Waals surface area contributed by atoms with Gasteiger partial charge in [0.25, 0.3) is 5.91 Å². The first-order valence-corrected chi connectivity index (χ1v) is 10.9. The molecule has 1 heterocycles. The topological polar surface area (TPSA) is 71.8 Å². The van der Waals surface area contributed by atoms with E-state index in [4.69, 9.17) is 12.2 Å². The van der Waals surface area contributed by atoms with Crippen molar-refractivity contribution < 1.29 is 4.79 Å². The Morgan fingerprint density at radius 1 is 0.848 bits per heavy atom. The molecule has 0 unspecified atom stereocenters. The number of hydrogen-bond acceptors (Lipinski definition) is 4. The summed E-state index contributed by atoms with van der Waals surface area (Å²) < 4.78 is 0. The zero-order valence-electron chi connectivity index (χ0n) is 18.2. The summed E-state index contributed by atoms with van der Waals surface area (Å²) in [5.74, 6) is -0.248. The average Bonchev–Trinajstić information content (AvgIpc) is 3.21. The second kappa shape index (κ2) is 8.44. The van der Waals surface area contributed by atoms with Gasteiger partial charge in [0.2, 0.25) is 0 Å². The van der Waals surface area contributed by atoms with E-state index in [0.717, 1.165) is 44.3 Å². The van der Waals surface area contributed by atoms with Gasteiger partial charge in [-0.3, -0.25) is 10.1 Å². The highest BCUT2D eigenvalue weighted by Crippen LogP contribution is 2.23. The van der Waals surface area contributed by atoms with Gasteiger partial charge in [-0.1, -0.05) is 53.6 Å². The van der Waals surface area contributed by atoms with E-state index >= 15 is 0 Å². The zero-order chi connectivity index (χ0) is 22.9. The molecule has 1 aromatic heterocycles. The Bertz CT molecular complexity index is 1510. The van der Waals surface area contributed by atoms with Crippen LogP contribution in [0.1, 0.15) is 21.5 Å². The monoisotopic (exact) mass is 451 g/mol. The van der Waals surface area contributed by atoms with E-state index in [-0.39, 0.29) is 11.0 Å². The molecule has 6 nitrogen and oxygen atoms in total. The van der Waals surface area contributed by atoms with Gasteiger partial charge in [0.15, 0.2) is 5.11 Å². The Labute approximate surface area is 196 Å². The SMILES string of the molecule is Cc1cc(C)cc(C(=O)NC(=S)Nc2ccc3nn(-c4cccc5ccccc45)nc3c2)c1. The molecule has 0 bridgehead atoms. The largest absolute Gasteiger partial charge is 0.332 e. The molecule has 7 heteroatoms. The van der Waals surface area contributed by atoms with Crippen LogP contribution in [0, 0.1) is 13.8 Å². The predicted molar refractivity (Wildman–Crippen MR) is 136 cm³/mol. The van der Waals surface area contributed by atoms with Gasteiger partial charge in [-0.15, -0.1) is 15.0 Å². The van der Waals surface area contributed by atoms with Crippen LogP contribution in [0.2, 0.25) is 0 Å². The summed E-state index contributed by atoms with van der Waals surface area (Å²) in [5, 5.41) is 17.5. The maximum atomic E-state index is 12.6. The molecule has 0 atom stereocenters. The molecular formula is C26H21N5OS. The van der Waals surface area contributed by atoms with Gasteiger partial charge in [-0.25, -0.2) is 0 Å². The first-order chi connectivity index (χ1) is 16.0. The summed E-state index contributed by atoms with van der Waals surface area (Å²) >= 11 is 5.35. The number of anilines is 1. The van der Waals surface area contributed by atoms with Crippen LogP contribution in [0.15, 0.2) is 78.9 Å². The third-order valence-corrected chi connectivity index (χ3v) is 5.54. The van der Waals surface area contributed by atoms with E-state index in [9.17, 15) is 4.79 Å². The van der Waals surface area contributed by atoms with Crippen LogP contribution in [0.4, 0.5) is 5.69 Å². The summed E-state index contributed by atoms with van der Waals surface area (Å²) in [5.41, 5.74) is 5.74. The summed E-state index contributed by atoms with van der Waals surface area (Å²) in [6, 6.07) is 25.5. The number of fused-ring (bicyclic) bond motifs is 2. The Kier molecular flexibility index (Phi) is 5.32. The van der Waals surface area contributed by atoms with E-state index in [0.29, 0.717) is 5.56 Å². The normalized spacial score (nSPS) is 11.0. The number of nitrogens with one attached hydrogen (secondary N) is 2. The number of thiocarbonyl (C=S) groups is 1. The molecule has 0 saturated heterocycles. The number of aromatic nitrogens is 3. The van der Waals surface area contributed by atoms with E-state index in [1.54, 1.807) is 4.80 Å². The van der Waals surface area contributed by atoms with Crippen molar-refractivity contribution in [2.24, 2.45) is 0 Å². The molecule has 2 N–H and O–H groups in total. The molecule has 5 rings (SSSR count). The van der Waals surface area contributed by atoms with Gasteiger partial charge < -0.3 is 5.32 Å². The number of carbonyl (C=O) groups excluding carboxylic acids is 1. The van der Waals surface area contributed by atoms with Gasteiger partial charge in [0, 0.05) is 16.6 Å². The van der Waals surface area contributed by atoms with Crippen molar-refractivity contribution in [3.8, 4) is 5.69 Å². The molecule has 0 radical (unpaired) electrons. The minimum atomic E-state index is -0.248. The van der Waals surface area contributed by atoms with E-state index in [1.165, 1.54) is 0 Å². The van der Waals surface area contributed by atoms with E-state index < -0.39 is 0 Å². The van der Waals surface area contributed by atoms with Crippen molar-refractivity contribution in [2.45, 2.75) is 13.8 Å². The summed E-state index contributed by atoms with van der Waals surface area (Å²) in [7, 11) is 0. The highest BCUT2D eigenvalue weighted by Gasteiger charge is 2.11. The van der Waals surface area contributed by atoms with Crippen molar-refractivity contribution in [1.82, 2.24) is 20.3 Å². The van der Waals surface area contributed by atoms with Crippen molar-refractivity contribution in [2.75, 3.05) is 5.32 Å². The molecule has 33 heavy (non-hydrogen) atoms. The number of benzene rings is 4. The molecule has 0 aliphatic heterocycles. The fourth-order valence-electron chi connectivity index (χ4n) is 3.93. The van der Waals surface area contributed by atoms with Crippen LogP contribution in [0.25, 0.3) is 27.5 Å². The lowest BCUT2D eigenvalue weighted by atomic mass is 10.1. The molecular weight excluding hydrogens is 430 g/mol. The summed E-state index contributed by atoms with van der Waals surface area (Å²) in [6.07, 6.45) is 0. The molecule has 1 amide bonds. The summed E-state index contributed by atoms with van der Waals surface area (Å²) in [6.45, 7) is 3.92. The number of nitrogens with zero attached hydrogens (tertiary/aromatic N) is 3. The molecule has 162 valence electrons. The molecule has 0 fully saturated rings. The van der Waals surface area contributed by atoms with Gasteiger partial charge in [-0.05, 0) is 67.8 Å². The lowest BCUT2D eigenvalue weighted by molar-refractivity contribution is 0.0977. The number of carbonyl (C=O) groups is 1. The van der Waals surface area contributed by atoms with Gasteiger partial charge in [0.05, 0.1) is 5.69 Å². The van der Waals surface area contributed by atoms with E-state index in [2.05, 4.69) is 39.0 Å². The van der Waals surface area contributed by atoms with Gasteiger partial charge >= 0.3 is 0 Å². The Hall–Kier alpha value is -4.10. The van der Waals surface area contributed by atoms with Crippen LogP contribution in [0.5, 0.6) is 0 Å². The highest BCUT2D eigenvalue weighted by molar-refractivity contribution is 7.80. The van der Waals surface area contributed by atoms with Crippen molar-refractivity contribution in [3.05, 3.63) is 95.6 Å². The number of amides is 1. The Morgan fingerprint density at radius 3 is 2.39 bits per heavy atom. The molecule has 0 aliphatic carbocycles. The first-order valence-electron chi connectivity index (χ1n) is 10.5. The Morgan fingerprint density at radius 2 is 1.58 bits per heavy atom. The Balaban J connectivity index is 1.36. The smallest absolute Gasteiger partial charge is 0.257 e. The average molecular weight is 452 g/mol. The lowest BCUT2D eigenvalue weighted by Crippen LogP contribution is -2.34. The fraction of sp³-hybridized carbons (Fsp3) is 0.0769. The first kappa shape index (κ1) is 20.8. The third kappa shape index (κ3) is 4.31. The van der Waals surface area contributed by atoms with Crippen molar-refractivity contribution in [1.29, 1.82) is 0 Å². The highest BCUT2D eigenvalue weighted by atomic mass is 32.1. The van der Waals surface area contributed by atoms with Crippen LogP contribution < -0.4 is 10.6 Å². The molecule has 5 aromatic rings. The second-order valence-corrected chi connectivity index (χ2v) is 8.38. The van der Waals surface area contributed by atoms with Crippen molar-refractivity contribution >= 4 is 50.7 Å². The molecule has 0 spiro atoms. The fourth-order valence-corrected chi connectivity index (χ4v) is 4.14. The third-order valence-electron chi connectivity index (χ3n) is 5.33. The van der Waals surface area contributed by atoms with Gasteiger partial charge in [-0.2, -0.15) is 0 Å². The van der Waals surface area contributed by atoms with Gasteiger partial charge in [0.1, 0.15) is 11.0 Å². The summed E-state index contributed by atoms with van der Waals surface area (Å²) in [4.78, 5) is 14.2. The van der Waals surface area contributed by atoms with E-state index in [1.807, 2.05) is 74.5 Å². The number of rotatable bonds is 3. The second-order valence-electron chi connectivity index (χ2n) is 7.98. The van der Waals surface area contributed by atoms with Crippen LogP contribution in [-0.4, -0.2) is 26.0 Å². The quantitative estimate of drug-likeness (QED) is 0.364. The number of aryl methyl sites for hydroxylation is 2. The van der Waals surface area contributed by atoms with Crippen molar-refractivity contribution in [3.63, 3.8) is 0 Å². The maximum Gasteiger partial charge on any atom is 0.257 e. The zero-order valence-corrected chi connectivity index (χ0v) is 19.0. The standard InChI is InChI=1S/C26H21N5OS/c1-16-12-17(2)14-19(13-16)25(32)28-26(33)27-20-10-11-22-23(15-20)30-31(29-22)24-9-5-7-18-6-3-4-8-21(18)24/h3-15H,1-2H3,(H2,27,28,32,33). The minimum absolute atomic E-state index is 0.222.